The minimum absolute atomic E-state index is 0.408. The number of allylic oxidation sites excluding steroid dienone is 3. The van der Waals surface area contributed by atoms with E-state index in [1.165, 1.54) is 53.7 Å². The van der Waals surface area contributed by atoms with Crippen LogP contribution in [0.3, 0.4) is 0 Å². The van der Waals surface area contributed by atoms with Crippen LogP contribution in [0, 0.1) is 5.92 Å². The third-order valence-electron chi connectivity index (χ3n) is 5.27. The van der Waals surface area contributed by atoms with Crippen LogP contribution in [0.4, 0.5) is 0 Å². The van der Waals surface area contributed by atoms with Gasteiger partial charge in [-0.3, -0.25) is 0 Å². The summed E-state index contributed by atoms with van der Waals surface area (Å²) in [5.74, 6) is 3.25. The van der Waals surface area contributed by atoms with Gasteiger partial charge in [0.05, 0.1) is 5.92 Å². The minimum atomic E-state index is 0.408. The van der Waals surface area contributed by atoms with Crippen LogP contribution in [0.25, 0.3) is 0 Å². The van der Waals surface area contributed by atoms with Gasteiger partial charge in [-0.25, -0.2) is 0 Å². The lowest BCUT2D eigenvalue weighted by Gasteiger charge is -2.30. The maximum absolute atomic E-state index is 6.29. The van der Waals surface area contributed by atoms with Crippen molar-refractivity contribution in [2.75, 3.05) is 0 Å². The van der Waals surface area contributed by atoms with Gasteiger partial charge in [0.15, 0.2) is 0 Å². The zero-order chi connectivity index (χ0) is 15.7. The molecule has 1 aliphatic heterocycles. The normalized spacial score (nSPS) is 23.0. The summed E-state index contributed by atoms with van der Waals surface area (Å²) in [5, 5.41) is 0. The standard InChI is InChI=1S/C21H28O/c1-5-6-7-8-16-10-12-18-19(13-16)22-21-15(4)9-11-17(14(2)3)20(18)21/h10,12-13,17,20H,2,5-9,11H2,1,3-4H3. The molecule has 1 aromatic rings. The Morgan fingerprint density at radius 3 is 2.86 bits per heavy atom. The Kier molecular flexibility index (Phi) is 4.42. The molecule has 1 heteroatoms. The number of hydrogen-bond acceptors (Lipinski definition) is 1. The van der Waals surface area contributed by atoms with Crippen molar-refractivity contribution in [1.29, 1.82) is 0 Å². The largest absolute Gasteiger partial charge is 0.461 e. The van der Waals surface area contributed by atoms with Crippen LogP contribution in [-0.4, -0.2) is 0 Å². The van der Waals surface area contributed by atoms with Crippen LogP contribution in [0.5, 0.6) is 5.75 Å². The van der Waals surface area contributed by atoms with E-state index in [1.807, 2.05) is 0 Å². The summed E-state index contributed by atoms with van der Waals surface area (Å²) >= 11 is 0. The highest BCUT2D eigenvalue weighted by Gasteiger charge is 2.39. The van der Waals surface area contributed by atoms with Crippen LogP contribution < -0.4 is 4.74 Å². The number of unbranched alkanes of at least 4 members (excludes halogenated alkanes) is 2. The SMILES string of the molecule is C=C(C)C1CCC(C)=C2Oc3cc(CCCCC)ccc3C21. The van der Waals surface area contributed by atoms with E-state index in [4.69, 9.17) is 4.74 Å². The van der Waals surface area contributed by atoms with Gasteiger partial charge in [-0.2, -0.15) is 0 Å². The molecule has 0 saturated heterocycles. The van der Waals surface area contributed by atoms with E-state index in [1.54, 1.807) is 0 Å². The fourth-order valence-corrected chi connectivity index (χ4v) is 3.93. The number of aryl methyl sites for hydroxylation is 1. The van der Waals surface area contributed by atoms with E-state index in [2.05, 4.69) is 45.5 Å². The van der Waals surface area contributed by atoms with Gasteiger partial charge in [0.25, 0.3) is 0 Å². The van der Waals surface area contributed by atoms with Gasteiger partial charge in [0.1, 0.15) is 11.5 Å². The molecule has 1 aromatic carbocycles. The van der Waals surface area contributed by atoms with Crippen molar-refractivity contribution >= 4 is 0 Å². The lowest BCUT2D eigenvalue weighted by atomic mass is 9.74. The highest BCUT2D eigenvalue weighted by Crippen LogP contribution is 2.52. The van der Waals surface area contributed by atoms with Crippen molar-refractivity contribution < 1.29 is 4.74 Å². The second kappa shape index (κ2) is 6.32. The quantitative estimate of drug-likeness (QED) is 0.467. The Morgan fingerprint density at radius 2 is 2.14 bits per heavy atom. The van der Waals surface area contributed by atoms with Crippen molar-refractivity contribution in [3.8, 4) is 5.75 Å². The summed E-state index contributed by atoms with van der Waals surface area (Å²) in [6.07, 6.45) is 7.36. The summed E-state index contributed by atoms with van der Waals surface area (Å²) < 4.78 is 6.29. The van der Waals surface area contributed by atoms with E-state index < -0.39 is 0 Å². The van der Waals surface area contributed by atoms with Crippen LogP contribution >= 0.6 is 0 Å². The summed E-state index contributed by atoms with van der Waals surface area (Å²) in [6.45, 7) is 10.9. The van der Waals surface area contributed by atoms with Crippen molar-refractivity contribution in [3.63, 3.8) is 0 Å². The topological polar surface area (TPSA) is 9.23 Å². The fourth-order valence-electron chi connectivity index (χ4n) is 3.93. The molecule has 0 fully saturated rings. The molecule has 1 heterocycles. The molecular weight excluding hydrogens is 268 g/mol. The Morgan fingerprint density at radius 1 is 1.32 bits per heavy atom. The summed E-state index contributed by atoms with van der Waals surface area (Å²) in [4.78, 5) is 0. The molecule has 1 aliphatic carbocycles. The molecule has 2 unspecified atom stereocenters. The van der Waals surface area contributed by atoms with E-state index in [-0.39, 0.29) is 0 Å². The molecule has 118 valence electrons. The molecular formula is C21H28O. The molecule has 0 N–H and O–H groups in total. The van der Waals surface area contributed by atoms with Crippen LogP contribution in [-0.2, 0) is 6.42 Å². The molecule has 0 spiro atoms. The zero-order valence-electron chi connectivity index (χ0n) is 14.2. The van der Waals surface area contributed by atoms with E-state index in [9.17, 15) is 0 Å². The van der Waals surface area contributed by atoms with Crippen molar-refractivity contribution in [3.05, 3.63) is 52.8 Å². The maximum atomic E-state index is 6.29. The Balaban J connectivity index is 1.89. The number of fused-ring (bicyclic) bond motifs is 3. The van der Waals surface area contributed by atoms with Gasteiger partial charge in [-0.05, 0) is 62.7 Å². The zero-order valence-corrected chi connectivity index (χ0v) is 14.2. The Hall–Kier alpha value is -1.50. The summed E-state index contributed by atoms with van der Waals surface area (Å²) in [6, 6.07) is 6.89. The number of rotatable bonds is 5. The molecule has 0 amide bonds. The monoisotopic (exact) mass is 296 g/mol. The van der Waals surface area contributed by atoms with Crippen molar-refractivity contribution in [1.82, 2.24) is 0 Å². The van der Waals surface area contributed by atoms with Gasteiger partial charge in [0.2, 0.25) is 0 Å². The molecule has 0 saturated carbocycles. The molecule has 0 radical (unpaired) electrons. The van der Waals surface area contributed by atoms with Gasteiger partial charge in [-0.15, -0.1) is 0 Å². The van der Waals surface area contributed by atoms with Gasteiger partial charge >= 0.3 is 0 Å². The lowest BCUT2D eigenvalue weighted by molar-refractivity contribution is 0.354. The molecule has 22 heavy (non-hydrogen) atoms. The van der Waals surface area contributed by atoms with Crippen LogP contribution in [0.1, 0.15) is 69.9 Å². The number of ether oxygens (including phenoxy) is 1. The molecule has 0 aromatic heterocycles. The first-order valence-electron chi connectivity index (χ1n) is 8.77. The van der Waals surface area contributed by atoms with Crippen molar-refractivity contribution in [2.45, 2.75) is 65.2 Å². The van der Waals surface area contributed by atoms with E-state index in [0.29, 0.717) is 11.8 Å². The first kappa shape index (κ1) is 15.4. The second-order valence-electron chi connectivity index (χ2n) is 7.05. The lowest BCUT2D eigenvalue weighted by Crippen LogP contribution is -2.19. The van der Waals surface area contributed by atoms with Gasteiger partial charge < -0.3 is 4.74 Å². The van der Waals surface area contributed by atoms with Gasteiger partial charge in [-0.1, -0.05) is 44.1 Å². The van der Waals surface area contributed by atoms with Crippen LogP contribution in [0.2, 0.25) is 0 Å². The molecule has 2 atom stereocenters. The first-order chi connectivity index (χ1) is 10.6. The average molecular weight is 296 g/mol. The van der Waals surface area contributed by atoms with E-state index >= 15 is 0 Å². The Bertz CT molecular complexity index is 608. The molecule has 3 rings (SSSR count). The fraction of sp³-hybridized carbons (Fsp3) is 0.524. The molecule has 2 aliphatic rings. The first-order valence-corrected chi connectivity index (χ1v) is 8.77. The van der Waals surface area contributed by atoms with Gasteiger partial charge in [0, 0.05) is 5.56 Å². The number of hydrogen-bond donors (Lipinski definition) is 0. The maximum Gasteiger partial charge on any atom is 0.131 e. The predicted molar refractivity (Wildman–Crippen MR) is 93.3 cm³/mol. The van der Waals surface area contributed by atoms with Crippen LogP contribution in [0.15, 0.2) is 41.7 Å². The smallest absolute Gasteiger partial charge is 0.131 e. The predicted octanol–water partition coefficient (Wildman–Crippen LogP) is 6.16. The third kappa shape index (κ3) is 2.74. The minimum Gasteiger partial charge on any atom is -0.461 e. The average Bonchev–Trinajstić information content (AvgIpc) is 2.87. The summed E-state index contributed by atoms with van der Waals surface area (Å²) in [5.41, 5.74) is 5.50. The number of benzene rings is 1. The molecule has 1 nitrogen and oxygen atoms in total. The molecule has 0 bridgehead atoms. The van der Waals surface area contributed by atoms with Crippen molar-refractivity contribution in [2.24, 2.45) is 5.92 Å². The Labute approximate surface area is 135 Å². The highest BCUT2D eigenvalue weighted by molar-refractivity contribution is 5.51. The highest BCUT2D eigenvalue weighted by atomic mass is 16.5. The van der Waals surface area contributed by atoms with E-state index in [0.717, 1.165) is 18.6 Å². The second-order valence-corrected chi connectivity index (χ2v) is 7.05. The third-order valence-corrected chi connectivity index (χ3v) is 5.27. The summed E-state index contributed by atoms with van der Waals surface area (Å²) in [7, 11) is 0.